The largest absolute Gasteiger partial charge is 0.496 e. The molecule has 0 aliphatic heterocycles. The van der Waals surface area contributed by atoms with Crippen LogP contribution in [0.15, 0.2) is 77.3 Å². The molecule has 0 saturated heterocycles. The van der Waals surface area contributed by atoms with Gasteiger partial charge in [-0.3, -0.25) is 19.7 Å². The van der Waals surface area contributed by atoms with Gasteiger partial charge in [0.05, 0.1) is 26.6 Å². The van der Waals surface area contributed by atoms with Crippen LogP contribution in [-0.4, -0.2) is 54.5 Å². The van der Waals surface area contributed by atoms with Crippen LogP contribution in [0.2, 0.25) is 0 Å². The van der Waals surface area contributed by atoms with Gasteiger partial charge in [0.1, 0.15) is 16.5 Å². The van der Waals surface area contributed by atoms with E-state index in [2.05, 4.69) is 26.1 Å². The minimum atomic E-state index is -0.578. The first kappa shape index (κ1) is 32.0. The standard InChI is InChI=1S/C31H31N5O6S2/c1-18(28(37)34-31-36-35-19(2)44-31)43-23-13-9-12-22(16-23)32-30(39)24(33-29(38)20-10-7-6-8-11-20)14-21-15-26(41-4)27(42-5)17-25(21)40-3/h6-18H,1-5H3,(H,32,39)(H,33,38)(H,34,36,37)/b24-14+. The van der Waals surface area contributed by atoms with E-state index < -0.39 is 17.1 Å². The third kappa shape index (κ3) is 8.36. The minimum absolute atomic E-state index is 0.0393. The fraction of sp³-hybridized carbons (Fsp3) is 0.194. The average molecular weight is 634 g/mol. The first-order valence-electron chi connectivity index (χ1n) is 13.3. The predicted octanol–water partition coefficient (Wildman–Crippen LogP) is 5.40. The van der Waals surface area contributed by atoms with E-state index >= 15 is 0 Å². The monoisotopic (exact) mass is 633 g/mol. The highest BCUT2D eigenvalue weighted by Crippen LogP contribution is 2.36. The molecule has 0 spiro atoms. The van der Waals surface area contributed by atoms with Crippen LogP contribution in [0.4, 0.5) is 10.8 Å². The Hall–Kier alpha value is -4.88. The van der Waals surface area contributed by atoms with Crippen molar-refractivity contribution in [3.05, 3.63) is 88.6 Å². The van der Waals surface area contributed by atoms with Gasteiger partial charge in [-0.25, -0.2) is 0 Å². The molecule has 0 fully saturated rings. The van der Waals surface area contributed by atoms with Gasteiger partial charge in [0, 0.05) is 27.8 Å². The Labute approximate surface area is 263 Å². The van der Waals surface area contributed by atoms with Gasteiger partial charge in [-0.2, -0.15) is 0 Å². The zero-order valence-electron chi connectivity index (χ0n) is 24.7. The molecule has 1 aromatic heterocycles. The number of hydrogen-bond donors (Lipinski definition) is 3. The lowest BCUT2D eigenvalue weighted by atomic mass is 10.1. The Morgan fingerprint density at radius 3 is 2.23 bits per heavy atom. The lowest BCUT2D eigenvalue weighted by molar-refractivity contribution is -0.115. The highest BCUT2D eigenvalue weighted by molar-refractivity contribution is 8.00. The van der Waals surface area contributed by atoms with Crippen LogP contribution in [0.1, 0.15) is 27.9 Å². The minimum Gasteiger partial charge on any atom is -0.496 e. The number of rotatable bonds is 12. The van der Waals surface area contributed by atoms with E-state index in [-0.39, 0.29) is 11.6 Å². The van der Waals surface area contributed by atoms with Gasteiger partial charge in [-0.15, -0.1) is 22.0 Å². The first-order chi connectivity index (χ1) is 21.2. The fourth-order valence-electron chi connectivity index (χ4n) is 3.92. The Morgan fingerprint density at radius 2 is 1.57 bits per heavy atom. The molecule has 4 aromatic rings. The molecular formula is C31H31N5O6S2. The van der Waals surface area contributed by atoms with Crippen molar-refractivity contribution in [2.24, 2.45) is 0 Å². The van der Waals surface area contributed by atoms with Gasteiger partial charge in [-0.05, 0) is 56.3 Å². The summed E-state index contributed by atoms with van der Waals surface area (Å²) in [7, 11) is 4.49. The highest BCUT2D eigenvalue weighted by Gasteiger charge is 2.20. The maximum atomic E-state index is 13.6. The summed E-state index contributed by atoms with van der Waals surface area (Å²) in [6.45, 7) is 3.58. The average Bonchev–Trinajstić information content (AvgIpc) is 3.44. The number of nitrogens with zero attached hydrogens (tertiary/aromatic N) is 2. The molecule has 44 heavy (non-hydrogen) atoms. The number of amides is 3. The summed E-state index contributed by atoms with van der Waals surface area (Å²) >= 11 is 2.61. The zero-order chi connectivity index (χ0) is 31.6. The summed E-state index contributed by atoms with van der Waals surface area (Å²) < 4.78 is 16.3. The molecule has 228 valence electrons. The highest BCUT2D eigenvalue weighted by atomic mass is 32.2. The van der Waals surface area contributed by atoms with Gasteiger partial charge >= 0.3 is 0 Å². The van der Waals surface area contributed by atoms with Gasteiger partial charge < -0.3 is 24.8 Å². The van der Waals surface area contributed by atoms with Crippen molar-refractivity contribution in [3.63, 3.8) is 0 Å². The van der Waals surface area contributed by atoms with Crippen molar-refractivity contribution >= 4 is 57.7 Å². The zero-order valence-corrected chi connectivity index (χ0v) is 26.3. The Balaban J connectivity index is 1.58. The van der Waals surface area contributed by atoms with Crippen molar-refractivity contribution in [1.29, 1.82) is 0 Å². The molecule has 1 unspecified atom stereocenters. The third-order valence-corrected chi connectivity index (χ3v) is 7.94. The molecule has 1 heterocycles. The maximum absolute atomic E-state index is 13.6. The van der Waals surface area contributed by atoms with Crippen LogP contribution >= 0.6 is 23.1 Å². The van der Waals surface area contributed by atoms with E-state index in [9.17, 15) is 14.4 Å². The van der Waals surface area contributed by atoms with Crippen molar-refractivity contribution in [2.75, 3.05) is 32.0 Å². The number of ether oxygens (including phenoxy) is 3. The van der Waals surface area contributed by atoms with Crippen molar-refractivity contribution < 1.29 is 28.6 Å². The van der Waals surface area contributed by atoms with E-state index in [1.54, 1.807) is 67.6 Å². The van der Waals surface area contributed by atoms with Crippen molar-refractivity contribution in [1.82, 2.24) is 15.5 Å². The molecule has 1 atom stereocenters. The quantitative estimate of drug-likeness (QED) is 0.138. The number of anilines is 2. The van der Waals surface area contributed by atoms with Crippen LogP contribution in [0.3, 0.4) is 0 Å². The Morgan fingerprint density at radius 1 is 0.864 bits per heavy atom. The number of benzene rings is 3. The summed E-state index contributed by atoms with van der Waals surface area (Å²) in [5.41, 5.74) is 1.27. The van der Waals surface area contributed by atoms with E-state index in [0.717, 1.165) is 9.90 Å². The third-order valence-electron chi connectivity index (χ3n) is 6.09. The molecule has 4 rings (SSSR count). The normalized spacial score (nSPS) is 11.7. The molecule has 0 saturated carbocycles. The summed E-state index contributed by atoms with van der Waals surface area (Å²) in [6, 6.07) is 18.9. The molecule has 3 amide bonds. The predicted molar refractivity (Wildman–Crippen MR) is 172 cm³/mol. The Kier molecular flexibility index (Phi) is 10.9. The smallest absolute Gasteiger partial charge is 0.272 e. The van der Waals surface area contributed by atoms with Gasteiger partial charge in [0.25, 0.3) is 11.8 Å². The summed E-state index contributed by atoms with van der Waals surface area (Å²) in [5, 5.41) is 16.9. The molecular weight excluding hydrogens is 603 g/mol. The van der Waals surface area contributed by atoms with E-state index in [1.807, 2.05) is 13.0 Å². The first-order valence-corrected chi connectivity index (χ1v) is 15.0. The van der Waals surface area contributed by atoms with Gasteiger partial charge in [0.15, 0.2) is 11.5 Å². The fourth-order valence-corrected chi connectivity index (χ4v) is 5.44. The summed E-state index contributed by atoms with van der Waals surface area (Å²) in [5.74, 6) is -0.0178. The number of hydrogen-bond acceptors (Lipinski definition) is 10. The van der Waals surface area contributed by atoms with Gasteiger partial charge in [-0.1, -0.05) is 35.6 Å². The SMILES string of the molecule is COc1cc(OC)c(OC)cc1/C=C(/NC(=O)c1ccccc1)C(=O)Nc1cccc(SC(C)C(=O)Nc2nnc(C)s2)c1. The maximum Gasteiger partial charge on any atom is 0.272 e. The van der Waals surface area contributed by atoms with E-state index in [1.165, 1.54) is 50.5 Å². The van der Waals surface area contributed by atoms with Crippen molar-refractivity contribution in [3.8, 4) is 17.2 Å². The molecule has 3 aromatic carbocycles. The molecule has 3 N–H and O–H groups in total. The Bertz CT molecular complexity index is 1680. The van der Waals surface area contributed by atoms with Crippen LogP contribution in [0.25, 0.3) is 6.08 Å². The lowest BCUT2D eigenvalue weighted by Crippen LogP contribution is -2.30. The second-order valence-electron chi connectivity index (χ2n) is 9.18. The van der Waals surface area contributed by atoms with Crippen LogP contribution in [0, 0.1) is 6.92 Å². The molecule has 0 aliphatic rings. The summed E-state index contributed by atoms with van der Waals surface area (Å²) in [6.07, 6.45) is 1.50. The second kappa shape index (κ2) is 15.0. The molecule has 0 bridgehead atoms. The number of thioether (sulfide) groups is 1. The van der Waals surface area contributed by atoms with Crippen LogP contribution < -0.4 is 30.2 Å². The topological polar surface area (TPSA) is 141 Å². The van der Waals surface area contributed by atoms with Gasteiger partial charge in [0.2, 0.25) is 11.0 Å². The van der Waals surface area contributed by atoms with Crippen LogP contribution in [0.5, 0.6) is 17.2 Å². The molecule has 0 radical (unpaired) electrons. The van der Waals surface area contributed by atoms with Crippen molar-refractivity contribution in [2.45, 2.75) is 24.0 Å². The number of aryl methyl sites for hydroxylation is 1. The molecule has 13 heteroatoms. The number of carbonyl (C=O) groups is 3. The van der Waals surface area contributed by atoms with Crippen LogP contribution in [-0.2, 0) is 9.59 Å². The number of carbonyl (C=O) groups excluding carboxylic acids is 3. The van der Waals surface area contributed by atoms with E-state index in [0.29, 0.717) is 39.2 Å². The van der Waals surface area contributed by atoms with E-state index in [4.69, 9.17) is 14.2 Å². The molecule has 11 nitrogen and oxygen atoms in total. The molecule has 0 aliphatic carbocycles. The number of nitrogens with one attached hydrogen (secondary N) is 3. The second-order valence-corrected chi connectivity index (χ2v) is 11.8. The summed E-state index contributed by atoms with van der Waals surface area (Å²) in [4.78, 5) is 40.2. The number of methoxy groups -OCH3 is 3. The number of aromatic nitrogens is 2. The lowest BCUT2D eigenvalue weighted by Gasteiger charge is -2.15.